The van der Waals surface area contributed by atoms with Crippen molar-refractivity contribution >= 4 is 17.5 Å². The molecular formula is C18H17NO6. The number of ether oxygens (including phenoxy) is 4. The van der Waals surface area contributed by atoms with Crippen molar-refractivity contribution in [3.63, 3.8) is 0 Å². The maximum atomic E-state index is 13.0. The second-order valence-corrected chi connectivity index (χ2v) is 5.21. The Morgan fingerprint density at radius 1 is 0.760 bits per heavy atom. The number of carbonyl (C=O) groups is 2. The summed E-state index contributed by atoms with van der Waals surface area (Å²) < 4.78 is 21.0. The predicted molar refractivity (Wildman–Crippen MR) is 90.2 cm³/mol. The lowest BCUT2D eigenvalue weighted by Gasteiger charge is -2.18. The monoisotopic (exact) mass is 343 g/mol. The molecule has 7 heteroatoms. The van der Waals surface area contributed by atoms with Crippen LogP contribution in [0.5, 0.6) is 23.0 Å². The summed E-state index contributed by atoms with van der Waals surface area (Å²) in [4.78, 5) is 26.9. The van der Waals surface area contributed by atoms with Crippen LogP contribution in [0.2, 0.25) is 0 Å². The zero-order chi connectivity index (χ0) is 18.1. The summed E-state index contributed by atoms with van der Waals surface area (Å²) in [6.07, 6.45) is 0. The van der Waals surface area contributed by atoms with Gasteiger partial charge >= 0.3 is 0 Å². The Kier molecular flexibility index (Phi) is 4.22. The van der Waals surface area contributed by atoms with E-state index in [1.807, 2.05) is 0 Å². The number of imide groups is 1. The molecule has 7 nitrogen and oxygen atoms in total. The largest absolute Gasteiger partial charge is 0.497 e. The van der Waals surface area contributed by atoms with E-state index >= 15 is 0 Å². The Bertz CT molecular complexity index is 861. The van der Waals surface area contributed by atoms with E-state index in [4.69, 9.17) is 18.9 Å². The fourth-order valence-corrected chi connectivity index (χ4v) is 2.83. The van der Waals surface area contributed by atoms with Crippen LogP contribution in [0.15, 0.2) is 30.3 Å². The van der Waals surface area contributed by atoms with Gasteiger partial charge < -0.3 is 18.9 Å². The SMILES string of the molecule is COc1ccc(OC)c(N2C(=O)c3ccc(OC)c(OC)c3C2=O)c1. The van der Waals surface area contributed by atoms with Crippen molar-refractivity contribution in [2.45, 2.75) is 0 Å². The van der Waals surface area contributed by atoms with Crippen molar-refractivity contribution in [2.75, 3.05) is 33.3 Å². The molecule has 0 atom stereocenters. The van der Waals surface area contributed by atoms with Gasteiger partial charge in [-0.2, -0.15) is 0 Å². The minimum Gasteiger partial charge on any atom is -0.497 e. The molecule has 130 valence electrons. The Hall–Kier alpha value is -3.22. The summed E-state index contributed by atoms with van der Waals surface area (Å²) in [5.41, 5.74) is 0.707. The van der Waals surface area contributed by atoms with Crippen LogP contribution in [0.4, 0.5) is 5.69 Å². The lowest BCUT2D eigenvalue weighted by molar-refractivity contribution is 0.0924. The summed E-state index contributed by atoms with van der Waals surface area (Å²) in [7, 11) is 5.86. The average Bonchev–Trinajstić information content (AvgIpc) is 2.90. The Morgan fingerprint density at radius 3 is 2.04 bits per heavy atom. The van der Waals surface area contributed by atoms with Gasteiger partial charge in [-0.15, -0.1) is 0 Å². The predicted octanol–water partition coefficient (Wildman–Crippen LogP) is 2.52. The number of hydrogen-bond donors (Lipinski definition) is 0. The Balaban J connectivity index is 2.19. The molecule has 0 aliphatic carbocycles. The van der Waals surface area contributed by atoms with E-state index in [2.05, 4.69) is 0 Å². The molecular weight excluding hydrogens is 326 g/mol. The van der Waals surface area contributed by atoms with Crippen LogP contribution in [-0.4, -0.2) is 40.3 Å². The van der Waals surface area contributed by atoms with E-state index in [1.165, 1.54) is 28.4 Å². The summed E-state index contributed by atoms with van der Waals surface area (Å²) >= 11 is 0. The lowest BCUT2D eigenvalue weighted by Crippen LogP contribution is -2.29. The first kappa shape index (κ1) is 16.6. The third kappa shape index (κ3) is 2.44. The van der Waals surface area contributed by atoms with Crippen molar-refractivity contribution in [3.05, 3.63) is 41.5 Å². The van der Waals surface area contributed by atoms with E-state index in [0.717, 1.165) is 4.90 Å². The smallest absolute Gasteiger partial charge is 0.270 e. The van der Waals surface area contributed by atoms with Crippen molar-refractivity contribution in [1.29, 1.82) is 0 Å². The molecule has 0 bridgehead atoms. The molecule has 2 aromatic carbocycles. The van der Waals surface area contributed by atoms with Gasteiger partial charge in [-0.25, -0.2) is 4.90 Å². The molecule has 0 fully saturated rings. The van der Waals surface area contributed by atoms with Gasteiger partial charge in [0.1, 0.15) is 11.5 Å². The molecule has 2 amide bonds. The topological polar surface area (TPSA) is 74.3 Å². The molecule has 1 aliphatic rings. The van der Waals surface area contributed by atoms with Crippen molar-refractivity contribution in [1.82, 2.24) is 0 Å². The van der Waals surface area contributed by atoms with E-state index < -0.39 is 11.8 Å². The van der Waals surface area contributed by atoms with Crippen molar-refractivity contribution in [2.24, 2.45) is 0 Å². The van der Waals surface area contributed by atoms with Crippen LogP contribution in [0.1, 0.15) is 20.7 Å². The highest BCUT2D eigenvalue weighted by atomic mass is 16.5. The molecule has 0 unspecified atom stereocenters. The fraction of sp³-hybridized carbons (Fsp3) is 0.222. The second-order valence-electron chi connectivity index (χ2n) is 5.21. The molecule has 0 spiro atoms. The summed E-state index contributed by atoms with van der Waals surface area (Å²) in [6.45, 7) is 0. The number of nitrogens with zero attached hydrogens (tertiary/aromatic N) is 1. The number of anilines is 1. The average molecular weight is 343 g/mol. The van der Waals surface area contributed by atoms with Crippen LogP contribution in [0.3, 0.4) is 0 Å². The molecule has 0 saturated carbocycles. The van der Waals surface area contributed by atoms with Crippen molar-refractivity contribution in [3.8, 4) is 23.0 Å². The van der Waals surface area contributed by atoms with Gasteiger partial charge in [-0.3, -0.25) is 9.59 Å². The third-order valence-electron chi connectivity index (χ3n) is 4.02. The summed E-state index contributed by atoms with van der Waals surface area (Å²) in [5, 5.41) is 0. The van der Waals surface area contributed by atoms with Crippen LogP contribution in [-0.2, 0) is 0 Å². The molecule has 2 aromatic rings. The van der Waals surface area contributed by atoms with Gasteiger partial charge in [0.05, 0.1) is 45.3 Å². The zero-order valence-corrected chi connectivity index (χ0v) is 14.3. The lowest BCUT2D eigenvalue weighted by atomic mass is 10.1. The van der Waals surface area contributed by atoms with Crippen LogP contribution in [0.25, 0.3) is 0 Å². The number of rotatable bonds is 5. The van der Waals surface area contributed by atoms with E-state index in [-0.39, 0.29) is 16.9 Å². The highest BCUT2D eigenvalue weighted by Crippen LogP contribution is 2.42. The van der Waals surface area contributed by atoms with Crippen molar-refractivity contribution < 1.29 is 28.5 Å². The maximum Gasteiger partial charge on any atom is 0.270 e. The highest BCUT2D eigenvalue weighted by molar-refractivity contribution is 6.36. The quantitative estimate of drug-likeness (QED) is 0.777. The number of amides is 2. The summed E-state index contributed by atoms with van der Waals surface area (Å²) in [6, 6.07) is 8.03. The number of fused-ring (bicyclic) bond motifs is 1. The zero-order valence-electron chi connectivity index (χ0n) is 14.3. The fourth-order valence-electron chi connectivity index (χ4n) is 2.83. The van der Waals surface area contributed by atoms with E-state index in [0.29, 0.717) is 22.9 Å². The first-order chi connectivity index (χ1) is 12.1. The van der Waals surface area contributed by atoms with Crippen LogP contribution < -0.4 is 23.8 Å². The van der Waals surface area contributed by atoms with Gasteiger partial charge in [0.2, 0.25) is 0 Å². The number of hydrogen-bond acceptors (Lipinski definition) is 6. The van der Waals surface area contributed by atoms with Crippen LogP contribution >= 0.6 is 0 Å². The third-order valence-corrected chi connectivity index (χ3v) is 4.02. The molecule has 0 radical (unpaired) electrons. The minimum atomic E-state index is -0.512. The Labute approximate surface area is 144 Å². The van der Waals surface area contributed by atoms with E-state index in [1.54, 1.807) is 30.3 Å². The first-order valence-corrected chi connectivity index (χ1v) is 7.43. The van der Waals surface area contributed by atoms with Crippen LogP contribution in [0, 0.1) is 0 Å². The molecule has 0 saturated heterocycles. The first-order valence-electron chi connectivity index (χ1n) is 7.43. The number of benzene rings is 2. The van der Waals surface area contributed by atoms with Gasteiger partial charge in [0, 0.05) is 6.07 Å². The van der Waals surface area contributed by atoms with Gasteiger partial charge in [0.25, 0.3) is 11.8 Å². The second kappa shape index (κ2) is 6.35. The number of carbonyl (C=O) groups excluding carboxylic acids is 2. The molecule has 25 heavy (non-hydrogen) atoms. The highest BCUT2D eigenvalue weighted by Gasteiger charge is 2.41. The minimum absolute atomic E-state index is 0.164. The van der Waals surface area contributed by atoms with Gasteiger partial charge in [0.15, 0.2) is 11.5 Å². The standard InChI is InChI=1S/C18H17NO6/c1-22-10-5-7-13(23-2)12(9-10)19-17(20)11-6-8-14(24-3)16(25-4)15(11)18(19)21/h5-9H,1-4H3. The molecule has 1 aliphatic heterocycles. The molecule has 3 rings (SSSR count). The molecule has 0 aromatic heterocycles. The summed E-state index contributed by atoms with van der Waals surface area (Å²) in [5.74, 6) is 0.498. The number of methoxy groups -OCH3 is 4. The van der Waals surface area contributed by atoms with E-state index in [9.17, 15) is 9.59 Å². The molecule has 1 heterocycles. The van der Waals surface area contributed by atoms with Gasteiger partial charge in [-0.1, -0.05) is 0 Å². The molecule has 0 N–H and O–H groups in total. The normalized spacial score (nSPS) is 12.9. The maximum absolute atomic E-state index is 13.0. The Morgan fingerprint density at radius 2 is 1.44 bits per heavy atom. The van der Waals surface area contributed by atoms with Gasteiger partial charge in [-0.05, 0) is 24.3 Å².